The van der Waals surface area contributed by atoms with E-state index in [9.17, 15) is 4.79 Å². The van der Waals surface area contributed by atoms with Crippen LogP contribution in [-0.2, 0) is 0 Å². The average Bonchev–Trinajstić information content (AvgIpc) is 2.75. The van der Waals surface area contributed by atoms with Gasteiger partial charge >= 0.3 is 5.97 Å². The van der Waals surface area contributed by atoms with E-state index >= 15 is 0 Å². The van der Waals surface area contributed by atoms with Gasteiger partial charge in [-0.3, -0.25) is 0 Å². The molecular formula is C12H9NO3. The molecule has 4 nitrogen and oxygen atoms in total. The normalized spacial score (nSPS) is 11.3. The monoisotopic (exact) mass is 215 g/mol. The first-order valence-corrected chi connectivity index (χ1v) is 4.90. The van der Waals surface area contributed by atoms with Gasteiger partial charge in [-0.2, -0.15) is 0 Å². The van der Waals surface area contributed by atoms with Crippen molar-refractivity contribution in [2.75, 3.05) is 0 Å². The van der Waals surface area contributed by atoms with E-state index in [4.69, 9.17) is 9.52 Å². The predicted molar refractivity (Wildman–Crippen MR) is 59.8 cm³/mol. The SMILES string of the molecule is Cc1ccc2[nH]c3oc(C(=O)O)cc3c2c1. The Labute approximate surface area is 90.5 Å². The number of furan rings is 1. The Hall–Kier alpha value is -2.23. The minimum atomic E-state index is -1.05. The number of aryl methyl sites for hydroxylation is 1. The molecule has 0 aliphatic heterocycles. The summed E-state index contributed by atoms with van der Waals surface area (Å²) in [5, 5.41) is 10.6. The second-order valence-corrected chi connectivity index (χ2v) is 3.83. The predicted octanol–water partition coefficient (Wildman–Crippen LogP) is 2.92. The fourth-order valence-corrected chi connectivity index (χ4v) is 1.90. The summed E-state index contributed by atoms with van der Waals surface area (Å²) < 4.78 is 5.20. The molecule has 0 saturated heterocycles. The Morgan fingerprint density at radius 1 is 1.31 bits per heavy atom. The molecule has 0 fully saturated rings. The number of benzene rings is 1. The third kappa shape index (κ3) is 1.13. The number of aromatic amines is 1. The second-order valence-electron chi connectivity index (χ2n) is 3.83. The van der Waals surface area contributed by atoms with Crippen LogP contribution < -0.4 is 0 Å². The molecule has 2 heterocycles. The number of hydrogen-bond donors (Lipinski definition) is 2. The van der Waals surface area contributed by atoms with Crippen molar-refractivity contribution in [3.8, 4) is 0 Å². The number of hydrogen-bond acceptors (Lipinski definition) is 2. The largest absolute Gasteiger partial charge is 0.475 e. The summed E-state index contributed by atoms with van der Waals surface area (Å²) in [5.41, 5.74) is 2.60. The number of carboxylic acids is 1. The van der Waals surface area contributed by atoms with Crippen molar-refractivity contribution in [2.45, 2.75) is 6.92 Å². The van der Waals surface area contributed by atoms with Crippen molar-refractivity contribution in [1.82, 2.24) is 4.98 Å². The van der Waals surface area contributed by atoms with Gasteiger partial charge in [0.05, 0.1) is 0 Å². The van der Waals surface area contributed by atoms with Gasteiger partial charge in [-0.25, -0.2) is 4.79 Å². The summed E-state index contributed by atoms with van der Waals surface area (Å²) in [6, 6.07) is 7.52. The van der Waals surface area contributed by atoms with E-state index in [0.29, 0.717) is 5.71 Å². The van der Waals surface area contributed by atoms with Gasteiger partial charge < -0.3 is 14.5 Å². The highest BCUT2D eigenvalue weighted by molar-refractivity contribution is 6.07. The van der Waals surface area contributed by atoms with Gasteiger partial charge in [0, 0.05) is 22.4 Å². The average molecular weight is 215 g/mol. The van der Waals surface area contributed by atoms with E-state index in [1.807, 2.05) is 25.1 Å². The van der Waals surface area contributed by atoms with Crippen LogP contribution in [0.25, 0.3) is 22.0 Å². The van der Waals surface area contributed by atoms with Gasteiger partial charge in [-0.05, 0) is 19.1 Å². The number of carbonyl (C=O) groups is 1. The van der Waals surface area contributed by atoms with Crippen molar-refractivity contribution in [3.63, 3.8) is 0 Å². The van der Waals surface area contributed by atoms with Gasteiger partial charge in [0.1, 0.15) is 0 Å². The Kier molecular flexibility index (Phi) is 1.63. The van der Waals surface area contributed by atoms with Crippen LogP contribution in [0, 0.1) is 6.92 Å². The third-order valence-corrected chi connectivity index (χ3v) is 2.66. The lowest BCUT2D eigenvalue weighted by Gasteiger charge is -1.92. The number of rotatable bonds is 1. The van der Waals surface area contributed by atoms with Crippen molar-refractivity contribution in [3.05, 3.63) is 35.6 Å². The topological polar surface area (TPSA) is 66.2 Å². The minimum absolute atomic E-state index is 0.0374. The van der Waals surface area contributed by atoms with E-state index in [1.54, 1.807) is 6.07 Å². The molecule has 3 aromatic rings. The smallest absolute Gasteiger partial charge is 0.371 e. The molecular weight excluding hydrogens is 206 g/mol. The summed E-state index contributed by atoms with van der Waals surface area (Å²) in [7, 11) is 0. The van der Waals surface area contributed by atoms with Gasteiger partial charge in [-0.15, -0.1) is 0 Å². The van der Waals surface area contributed by atoms with Gasteiger partial charge in [0.25, 0.3) is 0 Å². The first-order valence-electron chi connectivity index (χ1n) is 4.90. The fourth-order valence-electron chi connectivity index (χ4n) is 1.90. The number of fused-ring (bicyclic) bond motifs is 3. The van der Waals surface area contributed by atoms with Crippen molar-refractivity contribution >= 4 is 28.0 Å². The van der Waals surface area contributed by atoms with Crippen LogP contribution in [0.1, 0.15) is 16.1 Å². The number of nitrogens with one attached hydrogen (secondary N) is 1. The number of aromatic nitrogens is 1. The standard InChI is InChI=1S/C12H9NO3/c1-6-2-3-9-7(4-6)8-5-10(12(14)15)16-11(8)13-9/h2-5,13H,1H3,(H,14,15). The number of aromatic carboxylic acids is 1. The van der Waals surface area contributed by atoms with Gasteiger partial charge in [0.2, 0.25) is 11.5 Å². The van der Waals surface area contributed by atoms with Gasteiger partial charge in [0.15, 0.2) is 0 Å². The molecule has 80 valence electrons. The van der Waals surface area contributed by atoms with E-state index in [1.165, 1.54) is 0 Å². The van der Waals surface area contributed by atoms with Crippen molar-refractivity contribution in [1.29, 1.82) is 0 Å². The highest BCUT2D eigenvalue weighted by atomic mass is 16.4. The van der Waals surface area contributed by atoms with Crippen LogP contribution in [0.3, 0.4) is 0 Å². The Morgan fingerprint density at radius 2 is 2.12 bits per heavy atom. The highest BCUT2D eigenvalue weighted by Crippen LogP contribution is 2.28. The Bertz CT molecular complexity index is 706. The van der Waals surface area contributed by atoms with E-state index < -0.39 is 5.97 Å². The molecule has 2 aromatic heterocycles. The Balaban J connectivity index is 2.40. The summed E-state index contributed by atoms with van der Waals surface area (Å²) in [6.07, 6.45) is 0. The van der Waals surface area contributed by atoms with Crippen LogP contribution in [0.4, 0.5) is 0 Å². The van der Waals surface area contributed by atoms with E-state index in [-0.39, 0.29) is 5.76 Å². The highest BCUT2D eigenvalue weighted by Gasteiger charge is 2.14. The zero-order chi connectivity index (χ0) is 11.3. The fraction of sp³-hybridized carbons (Fsp3) is 0.0833. The third-order valence-electron chi connectivity index (χ3n) is 2.66. The number of carboxylic acid groups (broad SMARTS) is 1. The summed E-state index contributed by atoms with van der Waals surface area (Å²) in [6.45, 7) is 2.00. The van der Waals surface area contributed by atoms with E-state index in [0.717, 1.165) is 21.9 Å². The molecule has 0 radical (unpaired) electrons. The zero-order valence-electron chi connectivity index (χ0n) is 8.57. The first kappa shape index (κ1) is 9.03. The van der Waals surface area contributed by atoms with Crippen molar-refractivity contribution in [2.24, 2.45) is 0 Å². The molecule has 0 amide bonds. The number of H-pyrrole nitrogens is 1. The summed E-state index contributed by atoms with van der Waals surface area (Å²) in [4.78, 5) is 13.8. The maximum absolute atomic E-state index is 10.8. The summed E-state index contributed by atoms with van der Waals surface area (Å²) in [5.74, 6) is -1.09. The molecule has 3 rings (SSSR count). The molecule has 16 heavy (non-hydrogen) atoms. The lowest BCUT2D eigenvalue weighted by Crippen LogP contribution is -1.91. The maximum atomic E-state index is 10.8. The van der Waals surface area contributed by atoms with Gasteiger partial charge in [-0.1, -0.05) is 11.6 Å². The molecule has 0 saturated carbocycles. The molecule has 0 atom stereocenters. The minimum Gasteiger partial charge on any atom is -0.475 e. The quantitative estimate of drug-likeness (QED) is 0.655. The van der Waals surface area contributed by atoms with Crippen molar-refractivity contribution < 1.29 is 14.3 Å². The lowest BCUT2D eigenvalue weighted by atomic mass is 10.1. The molecule has 2 N–H and O–H groups in total. The zero-order valence-corrected chi connectivity index (χ0v) is 8.57. The summed E-state index contributed by atoms with van der Waals surface area (Å²) >= 11 is 0. The Morgan fingerprint density at radius 3 is 2.88 bits per heavy atom. The maximum Gasteiger partial charge on any atom is 0.371 e. The molecule has 0 unspecified atom stereocenters. The van der Waals surface area contributed by atoms with E-state index in [2.05, 4.69) is 4.98 Å². The molecule has 0 aliphatic carbocycles. The first-order chi connectivity index (χ1) is 7.65. The molecule has 0 aliphatic rings. The van der Waals surface area contributed by atoms with Crippen LogP contribution in [-0.4, -0.2) is 16.1 Å². The van der Waals surface area contributed by atoms with Crippen LogP contribution in [0.5, 0.6) is 0 Å². The van der Waals surface area contributed by atoms with Crippen LogP contribution in [0.2, 0.25) is 0 Å². The van der Waals surface area contributed by atoms with Crippen LogP contribution >= 0.6 is 0 Å². The molecule has 1 aromatic carbocycles. The molecule has 0 bridgehead atoms. The molecule has 4 heteroatoms. The second kappa shape index (κ2) is 2.88. The lowest BCUT2D eigenvalue weighted by molar-refractivity contribution is 0.0664. The van der Waals surface area contributed by atoms with Crippen LogP contribution in [0.15, 0.2) is 28.7 Å². The molecule has 0 spiro atoms.